The zero-order valence-corrected chi connectivity index (χ0v) is 10.5. The van der Waals surface area contributed by atoms with E-state index in [2.05, 4.69) is 4.72 Å². The van der Waals surface area contributed by atoms with Gasteiger partial charge < -0.3 is 0 Å². The van der Waals surface area contributed by atoms with E-state index in [9.17, 15) is 8.42 Å². The van der Waals surface area contributed by atoms with Crippen molar-refractivity contribution in [3.63, 3.8) is 0 Å². The molecule has 0 unspecified atom stereocenters. The zero-order chi connectivity index (χ0) is 12.8. The van der Waals surface area contributed by atoms with Crippen molar-refractivity contribution in [2.45, 2.75) is 0 Å². The summed E-state index contributed by atoms with van der Waals surface area (Å²) in [5.74, 6) is 0. The molecule has 0 aliphatic rings. The molecule has 0 spiro atoms. The van der Waals surface area contributed by atoms with Gasteiger partial charge in [0.05, 0.1) is 0 Å². The molecule has 3 nitrogen and oxygen atoms in total. The van der Waals surface area contributed by atoms with Crippen LogP contribution in [-0.2, 0) is 10.9 Å². The average molecular weight is 259 g/mol. The van der Waals surface area contributed by atoms with Crippen molar-refractivity contribution in [1.29, 1.82) is 0 Å². The molecule has 0 fully saturated rings. The molecule has 0 radical (unpaired) electrons. The van der Waals surface area contributed by atoms with Gasteiger partial charge in [0.2, 0.25) is 10.9 Å². The largest absolute Gasteiger partial charge is 0.286 e. The summed E-state index contributed by atoms with van der Waals surface area (Å²) >= 11 is 0. The molecule has 0 aliphatic carbocycles. The van der Waals surface area contributed by atoms with E-state index in [1.807, 2.05) is 54.6 Å². The molecule has 0 aromatic heterocycles. The zero-order valence-electron chi connectivity index (χ0n) is 9.61. The normalized spacial score (nSPS) is 10.9. The number of benzene rings is 2. The van der Waals surface area contributed by atoms with Crippen molar-refractivity contribution < 1.29 is 8.42 Å². The second-order valence-electron chi connectivity index (χ2n) is 3.73. The van der Waals surface area contributed by atoms with E-state index in [-0.39, 0.29) is 0 Å². The Morgan fingerprint density at radius 1 is 0.778 bits per heavy atom. The minimum absolute atomic E-state index is 0.572. The lowest BCUT2D eigenvalue weighted by atomic mass is 10.1. The van der Waals surface area contributed by atoms with Crippen molar-refractivity contribution in [3.05, 3.63) is 65.7 Å². The van der Waals surface area contributed by atoms with Gasteiger partial charge in [-0.05, 0) is 23.3 Å². The van der Waals surface area contributed by atoms with Crippen molar-refractivity contribution >= 4 is 28.7 Å². The van der Waals surface area contributed by atoms with E-state index in [1.165, 1.54) is 0 Å². The first kappa shape index (κ1) is 12.4. The quantitative estimate of drug-likeness (QED) is 0.655. The Morgan fingerprint density at radius 2 is 1.33 bits per heavy atom. The fourth-order valence-electron chi connectivity index (χ4n) is 1.53. The summed E-state index contributed by atoms with van der Waals surface area (Å²) in [4.78, 5) is 0. The number of rotatable bonds is 4. The van der Waals surface area contributed by atoms with Gasteiger partial charge in [0.1, 0.15) is 0 Å². The fraction of sp³-hybridized carbons (Fsp3) is 0. The number of thiol groups is 1. The molecule has 0 aliphatic heterocycles. The van der Waals surface area contributed by atoms with Crippen LogP contribution in [0.25, 0.3) is 12.2 Å². The van der Waals surface area contributed by atoms with E-state index in [4.69, 9.17) is 0 Å². The van der Waals surface area contributed by atoms with Gasteiger partial charge in [-0.3, -0.25) is 4.72 Å². The van der Waals surface area contributed by atoms with Gasteiger partial charge in [-0.25, -0.2) is 8.42 Å². The smallest absolute Gasteiger partial charge is 0.222 e. The van der Waals surface area contributed by atoms with E-state index in [0.29, 0.717) is 5.69 Å². The van der Waals surface area contributed by atoms with Gasteiger partial charge in [-0.15, -0.1) is 0 Å². The highest BCUT2D eigenvalue weighted by Crippen LogP contribution is 2.12. The number of nitrogens with one attached hydrogen (secondary N) is 1. The fourth-order valence-corrected chi connectivity index (χ4v) is 1.89. The summed E-state index contributed by atoms with van der Waals surface area (Å²) in [5, 5.41) is 0. The predicted octanol–water partition coefficient (Wildman–Crippen LogP) is 2.80. The van der Waals surface area contributed by atoms with Crippen molar-refractivity contribution in [2.75, 3.05) is 4.72 Å². The van der Waals surface area contributed by atoms with E-state index < -0.39 is 10.9 Å². The van der Waals surface area contributed by atoms with Gasteiger partial charge in [0.25, 0.3) is 0 Å². The third-order valence-corrected chi connectivity index (χ3v) is 2.84. The topological polar surface area (TPSA) is 46.2 Å². The predicted molar refractivity (Wildman–Crippen MR) is 75.7 cm³/mol. The van der Waals surface area contributed by atoms with Crippen LogP contribution in [0.1, 0.15) is 11.1 Å². The number of hydrogen-bond donors (Lipinski definition) is 2. The monoisotopic (exact) mass is 259 g/mol. The Morgan fingerprint density at radius 3 is 1.89 bits per heavy atom. The first-order chi connectivity index (χ1) is 8.74. The Labute approximate surface area is 108 Å². The van der Waals surface area contributed by atoms with Crippen molar-refractivity contribution in [2.24, 2.45) is 0 Å². The van der Waals surface area contributed by atoms with Crippen LogP contribution >= 0.6 is 0 Å². The van der Waals surface area contributed by atoms with Crippen LogP contribution in [0.15, 0.2) is 54.6 Å². The minimum atomic E-state index is -2.60. The summed E-state index contributed by atoms with van der Waals surface area (Å²) in [6.07, 6.45) is 3.99. The molecule has 0 heterocycles. The lowest BCUT2D eigenvalue weighted by Crippen LogP contribution is -1.93. The van der Waals surface area contributed by atoms with Gasteiger partial charge >= 0.3 is 0 Å². The maximum Gasteiger partial charge on any atom is 0.222 e. The lowest BCUT2D eigenvalue weighted by Gasteiger charge is -1.99. The van der Waals surface area contributed by atoms with Gasteiger partial charge in [0, 0.05) is 5.69 Å². The second-order valence-corrected chi connectivity index (χ2v) is 4.47. The molecule has 1 N–H and O–H groups in total. The first-order valence-electron chi connectivity index (χ1n) is 5.48. The molecule has 0 amide bonds. The van der Waals surface area contributed by atoms with Gasteiger partial charge in [-0.1, -0.05) is 54.6 Å². The van der Waals surface area contributed by atoms with Crippen LogP contribution in [0.3, 0.4) is 0 Å². The lowest BCUT2D eigenvalue weighted by molar-refractivity contribution is 0.619. The number of anilines is 1. The molecule has 0 atom stereocenters. The molecule has 0 bridgehead atoms. The molecule has 0 saturated carbocycles. The molecule has 4 heteroatoms. The first-order valence-corrected chi connectivity index (χ1v) is 6.66. The standard InChI is InChI=1S/C14H13NO2S/c16-18(17)15-14-10-8-13(9-11-14)7-6-12-4-2-1-3-5-12/h1-11,18H,(H,15,16,17). The molecule has 2 aromatic carbocycles. The third kappa shape index (κ3) is 3.75. The Bertz CT molecular complexity index is 593. The van der Waals surface area contributed by atoms with Crippen molar-refractivity contribution in [3.8, 4) is 0 Å². The molecular weight excluding hydrogens is 246 g/mol. The average Bonchev–Trinajstić information content (AvgIpc) is 2.38. The molecule has 2 aromatic rings. The Balaban J connectivity index is 2.09. The highest BCUT2D eigenvalue weighted by molar-refractivity contribution is 7.73. The molecule has 2 rings (SSSR count). The van der Waals surface area contributed by atoms with Crippen LogP contribution in [0.4, 0.5) is 5.69 Å². The molecular formula is C14H13NO2S. The van der Waals surface area contributed by atoms with Crippen LogP contribution in [-0.4, -0.2) is 8.42 Å². The molecule has 0 saturated heterocycles. The van der Waals surface area contributed by atoms with E-state index in [1.54, 1.807) is 12.1 Å². The summed E-state index contributed by atoms with van der Waals surface area (Å²) < 4.78 is 23.3. The SMILES string of the molecule is O=[SH](=O)Nc1ccc(C=Cc2ccccc2)cc1. The molecule has 92 valence electrons. The third-order valence-electron chi connectivity index (χ3n) is 2.40. The van der Waals surface area contributed by atoms with Crippen LogP contribution in [0.2, 0.25) is 0 Å². The van der Waals surface area contributed by atoms with E-state index in [0.717, 1.165) is 11.1 Å². The van der Waals surface area contributed by atoms with Gasteiger partial charge in [-0.2, -0.15) is 0 Å². The van der Waals surface area contributed by atoms with E-state index >= 15 is 0 Å². The summed E-state index contributed by atoms with van der Waals surface area (Å²) in [6.45, 7) is 0. The highest BCUT2D eigenvalue weighted by Gasteiger charge is 1.92. The summed E-state index contributed by atoms with van der Waals surface area (Å²) in [5.41, 5.74) is 2.72. The Kier molecular flexibility index (Phi) is 4.15. The molecule has 18 heavy (non-hydrogen) atoms. The number of hydrogen-bond acceptors (Lipinski definition) is 2. The van der Waals surface area contributed by atoms with Crippen molar-refractivity contribution in [1.82, 2.24) is 0 Å². The summed E-state index contributed by atoms with van der Waals surface area (Å²) in [6, 6.07) is 17.2. The van der Waals surface area contributed by atoms with Crippen LogP contribution in [0.5, 0.6) is 0 Å². The van der Waals surface area contributed by atoms with Crippen LogP contribution in [0, 0.1) is 0 Å². The minimum Gasteiger partial charge on any atom is -0.286 e. The van der Waals surface area contributed by atoms with Gasteiger partial charge in [0.15, 0.2) is 0 Å². The maximum absolute atomic E-state index is 10.5. The van der Waals surface area contributed by atoms with Crippen LogP contribution < -0.4 is 4.72 Å². The summed E-state index contributed by atoms with van der Waals surface area (Å²) in [7, 11) is -2.60. The maximum atomic E-state index is 10.5. The second kappa shape index (κ2) is 6.02. The Hall–Kier alpha value is -2.07. The highest BCUT2D eigenvalue weighted by atomic mass is 32.2.